The molecule has 132 valence electrons. The van der Waals surface area contributed by atoms with Crippen LogP contribution in [0.2, 0.25) is 0 Å². The molecule has 0 fully saturated rings. The Bertz CT molecular complexity index is 824. The highest BCUT2D eigenvalue weighted by Crippen LogP contribution is 2.25. The Kier molecular flexibility index (Phi) is 5.26. The molecule has 0 saturated carbocycles. The number of amides is 3. The molecule has 0 spiro atoms. The number of fused-ring (bicyclic) bond motifs is 1. The summed E-state index contributed by atoms with van der Waals surface area (Å²) in [5, 5.41) is 16.1. The van der Waals surface area contributed by atoms with E-state index in [0.717, 1.165) is 10.8 Å². The number of carbonyl (C=O) groups is 3. The summed E-state index contributed by atoms with van der Waals surface area (Å²) in [6, 6.07) is 9.45. The number of phenolic OH excluding ortho intramolecular Hbond substituents is 1. The lowest BCUT2D eigenvalue weighted by Gasteiger charge is -2.20. The van der Waals surface area contributed by atoms with Crippen LogP contribution in [-0.4, -0.2) is 35.2 Å². The van der Waals surface area contributed by atoms with Gasteiger partial charge in [0.2, 0.25) is 0 Å². The molecule has 0 aliphatic carbocycles. The van der Waals surface area contributed by atoms with Gasteiger partial charge in [0, 0.05) is 5.54 Å². The summed E-state index contributed by atoms with van der Waals surface area (Å²) in [7, 11) is 0. The van der Waals surface area contributed by atoms with Gasteiger partial charge in [-0.1, -0.05) is 24.3 Å². The highest BCUT2D eigenvalue weighted by molar-refractivity contribution is 6.00. The highest BCUT2D eigenvalue weighted by Gasteiger charge is 2.18. The zero-order valence-corrected chi connectivity index (χ0v) is 14.3. The lowest BCUT2D eigenvalue weighted by Crippen LogP contribution is -2.49. The summed E-state index contributed by atoms with van der Waals surface area (Å²) < 4.78 is 4.86. The molecule has 25 heavy (non-hydrogen) atoms. The van der Waals surface area contributed by atoms with Crippen LogP contribution in [0.3, 0.4) is 0 Å². The molecule has 0 aromatic heterocycles. The van der Waals surface area contributed by atoms with E-state index in [1.54, 1.807) is 39.0 Å². The molecule has 2 rings (SSSR count). The second-order valence-corrected chi connectivity index (χ2v) is 6.54. The fraction of sp³-hybridized carbons (Fsp3) is 0.278. The number of imide groups is 1. The molecule has 3 N–H and O–H groups in total. The standard InChI is InChI=1S/C18H20N2O5/c1-18(2,3)20-17(24)19-15(22)10-25-16(23)13-8-11-6-4-5-7-12(11)9-14(13)21/h4-9,21H,10H2,1-3H3,(H2,19,20,22,24). The number of hydrogen-bond donors (Lipinski definition) is 3. The maximum absolute atomic E-state index is 12.1. The summed E-state index contributed by atoms with van der Waals surface area (Å²) in [5.41, 5.74) is -0.552. The van der Waals surface area contributed by atoms with Gasteiger partial charge in [0.1, 0.15) is 11.3 Å². The minimum absolute atomic E-state index is 0.0503. The molecule has 7 heteroatoms. The van der Waals surface area contributed by atoms with E-state index in [-0.39, 0.29) is 11.3 Å². The lowest BCUT2D eigenvalue weighted by atomic mass is 10.1. The summed E-state index contributed by atoms with van der Waals surface area (Å²) in [6.07, 6.45) is 0. The van der Waals surface area contributed by atoms with Gasteiger partial charge in [0.05, 0.1) is 0 Å². The zero-order valence-electron chi connectivity index (χ0n) is 14.3. The monoisotopic (exact) mass is 344 g/mol. The minimum Gasteiger partial charge on any atom is -0.507 e. The van der Waals surface area contributed by atoms with Crippen molar-refractivity contribution in [2.45, 2.75) is 26.3 Å². The van der Waals surface area contributed by atoms with Crippen LogP contribution in [0.4, 0.5) is 4.79 Å². The summed E-state index contributed by atoms with van der Waals surface area (Å²) in [4.78, 5) is 35.3. The number of carbonyl (C=O) groups excluding carboxylic acids is 3. The van der Waals surface area contributed by atoms with Gasteiger partial charge in [-0.15, -0.1) is 0 Å². The number of nitrogens with one attached hydrogen (secondary N) is 2. The van der Waals surface area contributed by atoms with Crippen LogP contribution in [0.15, 0.2) is 36.4 Å². The first-order chi connectivity index (χ1) is 11.7. The van der Waals surface area contributed by atoms with E-state index in [0.29, 0.717) is 0 Å². The van der Waals surface area contributed by atoms with Gasteiger partial charge < -0.3 is 15.2 Å². The fourth-order valence-electron chi connectivity index (χ4n) is 2.14. The minimum atomic E-state index is -0.852. The lowest BCUT2D eigenvalue weighted by molar-refractivity contribution is -0.123. The second kappa shape index (κ2) is 7.21. The first-order valence-electron chi connectivity index (χ1n) is 7.66. The van der Waals surface area contributed by atoms with Crippen molar-refractivity contribution in [1.29, 1.82) is 0 Å². The number of rotatable bonds is 3. The van der Waals surface area contributed by atoms with Gasteiger partial charge in [-0.05, 0) is 43.7 Å². The zero-order chi connectivity index (χ0) is 18.6. The summed E-state index contributed by atoms with van der Waals surface area (Å²) in [6.45, 7) is 4.65. The number of ether oxygens (including phenoxy) is 1. The molecule has 2 aromatic carbocycles. The fourth-order valence-corrected chi connectivity index (χ4v) is 2.14. The Hall–Kier alpha value is -3.09. The Morgan fingerprint density at radius 3 is 2.28 bits per heavy atom. The van der Waals surface area contributed by atoms with Crippen molar-refractivity contribution in [2.24, 2.45) is 0 Å². The van der Waals surface area contributed by atoms with Crippen LogP contribution in [0, 0.1) is 0 Å². The van der Waals surface area contributed by atoms with Gasteiger partial charge in [-0.2, -0.15) is 0 Å². The first kappa shape index (κ1) is 18.3. The molecule has 0 radical (unpaired) electrons. The Balaban J connectivity index is 1.97. The molecule has 0 aliphatic rings. The van der Waals surface area contributed by atoms with Crippen molar-refractivity contribution in [1.82, 2.24) is 10.6 Å². The SMILES string of the molecule is CC(C)(C)NC(=O)NC(=O)COC(=O)c1cc2ccccc2cc1O. The van der Waals surface area contributed by atoms with Gasteiger partial charge >= 0.3 is 12.0 Å². The molecular weight excluding hydrogens is 324 g/mol. The largest absolute Gasteiger partial charge is 0.507 e. The Morgan fingerprint density at radius 1 is 1.08 bits per heavy atom. The van der Waals surface area contributed by atoms with Crippen LogP contribution in [0.5, 0.6) is 5.75 Å². The van der Waals surface area contributed by atoms with E-state index in [1.165, 1.54) is 12.1 Å². The van der Waals surface area contributed by atoms with Crippen LogP contribution in [0.1, 0.15) is 31.1 Å². The maximum atomic E-state index is 12.1. The predicted octanol–water partition coefficient (Wildman–Crippen LogP) is 2.33. The van der Waals surface area contributed by atoms with E-state index in [2.05, 4.69) is 10.6 Å². The average Bonchev–Trinajstić information content (AvgIpc) is 2.50. The van der Waals surface area contributed by atoms with Crippen LogP contribution < -0.4 is 10.6 Å². The molecule has 2 aromatic rings. The van der Waals surface area contributed by atoms with Crippen molar-refractivity contribution in [3.05, 3.63) is 42.0 Å². The smallest absolute Gasteiger partial charge is 0.342 e. The number of esters is 1. The number of benzene rings is 2. The third-order valence-electron chi connectivity index (χ3n) is 3.16. The number of hydrogen-bond acceptors (Lipinski definition) is 5. The second-order valence-electron chi connectivity index (χ2n) is 6.54. The third-order valence-corrected chi connectivity index (χ3v) is 3.16. The average molecular weight is 344 g/mol. The molecule has 0 unspecified atom stereocenters. The van der Waals surface area contributed by atoms with E-state index in [4.69, 9.17) is 4.74 Å². The van der Waals surface area contributed by atoms with Crippen LogP contribution >= 0.6 is 0 Å². The van der Waals surface area contributed by atoms with Crippen molar-refractivity contribution in [3.63, 3.8) is 0 Å². The van der Waals surface area contributed by atoms with Gasteiger partial charge in [0.15, 0.2) is 6.61 Å². The van der Waals surface area contributed by atoms with Crippen LogP contribution in [-0.2, 0) is 9.53 Å². The van der Waals surface area contributed by atoms with Crippen LogP contribution in [0.25, 0.3) is 10.8 Å². The number of aromatic hydroxyl groups is 1. The van der Waals surface area contributed by atoms with Crippen molar-refractivity contribution in [3.8, 4) is 5.75 Å². The molecule has 0 saturated heterocycles. The van der Waals surface area contributed by atoms with E-state index in [1.807, 2.05) is 6.07 Å². The van der Waals surface area contributed by atoms with Crippen molar-refractivity contribution in [2.75, 3.05) is 6.61 Å². The molecule has 0 heterocycles. The van der Waals surface area contributed by atoms with Crippen molar-refractivity contribution < 1.29 is 24.2 Å². The predicted molar refractivity (Wildman–Crippen MR) is 92.3 cm³/mol. The highest BCUT2D eigenvalue weighted by atomic mass is 16.5. The molecule has 3 amide bonds. The summed E-state index contributed by atoms with van der Waals surface area (Å²) >= 11 is 0. The summed E-state index contributed by atoms with van der Waals surface area (Å²) in [5.74, 6) is -1.86. The van der Waals surface area contributed by atoms with E-state index < -0.39 is 30.1 Å². The molecular formula is C18H20N2O5. The normalized spacial score (nSPS) is 11.0. The van der Waals surface area contributed by atoms with Gasteiger partial charge in [-0.25, -0.2) is 9.59 Å². The van der Waals surface area contributed by atoms with Gasteiger partial charge in [0.25, 0.3) is 5.91 Å². The number of urea groups is 1. The molecule has 0 aliphatic heterocycles. The van der Waals surface area contributed by atoms with E-state index >= 15 is 0 Å². The van der Waals surface area contributed by atoms with E-state index in [9.17, 15) is 19.5 Å². The molecule has 0 atom stereocenters. The number of phenols is 1. The Morgan fingerprint density at radius 2 is 1.68 bits per heavy atom. The topological polar surface area (TPSA) is 105 Å². The molecule has 0 bridgehead atoms. The van der Waals surface area contributed by atoms with Gasteiger partial charge in [-0.3, -0.25) is 10.1 Å². The Labute approximate surface area is 145 Å². The molecule has 7 nitrogen and oxygen atoms in total. The van der Waals surface area contributed by atoms with Crippen molar-refractivity contribution >= 4 is 28.7 Å². The first-order valence-corrected chi connectivity index (χ1v) is 7.66. The quantitative estimate of drug-likeness (QED) is 0.741. The third kappa shape index (κ3) is 5.20. The maximum Gasteiger partial charge on any atom is 0.342 e.